The average Bonchev–Trinajstić information content (AvgIpc) is 2.69. The molecule has 8 heteroatoms. The number of benzene rings is 1. The topological polar surface area (TPSA) is 82.6 Å². The number of pyridine rings is 1. The number of hydrogen-bond donors (Lipinski definition) is 1. The molecule has 1 N–H and O–H groups in total. The summed E-state index contributed by atoms with van der Waals surface area (Å²) in [7, 11) is 0.0962. The summed E-state index contributed by atoms with van der Waals surface area (Å²) in [5.41, 5.74) is 1.43. The van der Waals surface area contributed by atoms with Crippen molar-refractivity contribution in [2.45, 2.75) is 24.2 Å². The van der Waals surface area contributed by atoms with Gasteiger partial charge in [-0.2, -0.15) is 4.31 Å². The largest absolute Gasteiger partial charge is 0.376 e. The van der Waals surface area contributed by atoms with Gasteiger partial charge in [-0.15, -0.1) is 0 Å². The highest BCUT2D eigenvalue weighted by Crippen LogP contribution is 2.30. The Balaban J connectivity index is 1.94. The molecular formula is C19H24N4O3S. The van der Waals surface area contributed by atoms with Gasteiger partial charge in [-0.1, -0.05) is 12.5 Å². The van der Waals surface area contributed by atoms with Gasteiger partial charge in [0, 0.05) is 33.4 Å². The van der Waals surface area contributed by atoms with Crippen LogP contribution in [0.4, 0.5) is 11.4 Å². The molecule has 1 saturated heterocycles. The number of sulfonamides is 1. The molecule has 1 aliphatic rings. The van der Waals surface area contributed by atoms with Crippen LogP contribution in [0.25, 0.3) is 0 Å². The van der Waals surface area contributed by atoms with Crippen LogP contribution in [0.2, 0.25) is 0 Å². The lowest BCUT2D eigenvalue weighted by molar-refractivity contribution is 0.102. The fraction of sp³-hybridized carbons (Fsp3) is 0.368. The van der Waals surface area contributed by atoms with Gasteiger partial charge in [-0.05, 0) is 43.2 Å². The zero-order valence-electron chi connectivity index (χ0n) is 15.6. The van der Waals surface area contributed by atoms with Crippen molar-refractivity contribution in [1.29, 1.82) is 0 Å². The maximum absolute atomic E-state index is 13.0. The van der Waals surface area contributed by atoms with Gasteiger partial charge >= 0.3 is 0 Å². The molecule has 1 aliphatic heterocycles. The predicted molar refractivity (Wildman–Crippen MR) is 106 cm³/mol. The van der Waals surface area contributed by atoms with E-state index in [0.717, 1.165) is 24.9 Å². The minimum Gasteiger partial charge on any atom is -0.376 e. The van der Waals surface area contributed by atoms with Crippen LogP contribution in [0, 0.1) is 0 Å². The van der Waals surface area contributed by atoms with E-state index in [2.05, 4.69) is 10.3 Å². The molecule has 0 unspecified atom stereocenters. The fourth-order valence-corrected chi connectivity index (χ4v) is 4.65. The lowest BCUT2D eigenvalue weighted by Crippen LogP contribution is -2.35. The average molecular weight is 388 g/mol. The van der Waals surface area contributed by atoms with Crippen molar-refractivity contribution in [2.24, 2.45) is 0 Å². The first kappa shape index (κ1) is 19.3. The van der Waals surface area contributed by atoms with Crippen LogP contribution >= 0.6 is 0 Å². The van der Waals surface area contributed by atoms with Crippen molar-refractivity contribution in [3.63, 3.8) is 0 Å². The Morgan fingerprint density at radius 3 is 2.48 bits per heavy atom. The molecular weight excluding hydrogens is 364 g/mol. The van der Waals surface area contributed by atoms with Gasteiger partial charge < -0.3 is 10.2 Å². The Hall–Kier alpha value is -2.45. The molecule has 2 heterocycles. The molecule has 0 bridgehead atoms. The summed E-state index contributed by atoms with van der Waals surface area (Å²) in [5.74, 6) is -0.383. The molecule has 0 aliphatic carbocycles. The van der Waals surface area contributed by atoms with E-state index in [9.17, 15) is 13.2 Å². The number of amides is 1. The molecule has 144 valence electrons. The van der Waals surface area contributed by atoms with Crippen molar-refractivity contribution >= 4 is 27.3 Å². The molecule has 1 aromatic heterocycles. The van der Waals surface area contributed by atoms with Crippen molar-refractivity contribution in [1.82, 2.24) is 9.29 Å². The first-order valence-electron chi connectivity index (χ1n) is 8.93. The van der Waals surface area contributed by atoms with E-state index in [-0.39, 0.29) is 16.5 Å². The SMILES string of the molecule is CN(C)c1ccc(S(=O)(=O)N2CCCCC2)cc1NC(=O)c1ccccn1. The smallest absolute Gasteiger partial charge is 0.274 e. The lowest BCUT2D eigenvalue weighted by atomic mass is 10.2. The summed E-state index contributed by atoms with van der Waals surface area (Å²) in [6.07, 6.45) is 4.34. The molecule has 1 aromatic carbocycles. The first-order valence-corrected chi connectivity index (χ1v) is 10.4. The molecule has 2 aromatic rings. The maximum atomic E-state index is 13.0. The number of rotatable bonds is 5. The Bertz CT molecular complexity index is 908. The minimum atomic E-state index is -3.58. The highest BCUT2D eigenvalue weighted by atomic mass is 32.2. The van der Waals surface area contributed by atoms with Crippen molar-refractivity contribution < 1.29 is 13.2 Å². The van der Waals surface area contributed by atoms with Gasteiger partial charge in [0.15, 0.2) is 0 Å². The van der Waals surface area contributed by atoms with E-state index < -0.39 is 10.0 Å². The number of carbonyl (C=O) groups excluding carboxylic acids is 1. The zero-order chi connectivity index (χ0) is 19.4. The second-order valence-corrected chi connectivity index (χ2v) is 8.65. The maximum Gasteiger partial charge on any atom is 0.274 e. The van der Waals surface area contributed by atoms with Crippen LogP contribution in [-0.4, -0.2) is 50.8 Å². The fourth-order valence-electron chi connectivity index (χ4n) is 3.10. The van der Waals surface area contributed by atoms with E-state index >= 15 is 0 Å². The highest BCUT2D eigenvalue weighted by Gasteiger charge is 2.27. The summed E-state index contributed by atoms with van der Waals surface area (Å²) in [5, 5.41) is 2.80. The van der Waals surface area contributed by atoms with Gasteiger partial charge in [0.25, 0.3) is 5.91 Å². The number of anilines is 2. The van der Waals surface area contributed by atoms with Crippen molar-refractivity contribution in [2.75, 3.05) is 37.4 Å². The molecule has 0 saturated carbocycles. The minimum absolute atomic E-state index is 0.186. The van der Waals surface area contributed by atoms with Crippen LogP contribution < -0.4 is 10.2 Å². The number of carbonyl (C=O) groups is 1. The molecule has 0 radical (unpaired) electrons. The van der Waals surface area contributed by atoms with Crippen LogP contribution in [-0.2, 0) is 10.0 Å². The monoisotopic (exact) mass is 388 g/mol. The van der Waals surface area contributed by atoms with Gasteiger partial charge in [-0.3, -0.25) is 9.78 Å². The summed E-state index contributed by atoms with van der Waals surface area (Å²) in [6, 6.07) is 9.90. The van der Waals surface area contributed by atoms with Crippen LogP contribution in [0.3, 0.4) is 0 Å². The Kier molecular flexibility index (Phi) is 5.76. The molecule has 0 spiro atoms. The van der Waals surface area contributed by atoms with Crippen LogP contribution in [0.1, 0.15) is 29.8 Å². The van der Waals surface area contributed by atoms with E-state index in [1.807, 2.05) is 19.0 Å². The molecule has 1 fully saturated rings. The van der Waals surface area contributed by atoms with Crippen LogP contribution in [0.5, 0.6) is 0 Å². The van der Waals surface area contributed by atoms with Crippen molar-refractivity contribution in [3.8, 4) is 0 Å². The lowest BCUT2D eigenvalue weighted by Gasteiger charge is -2.26. The van der Waals surface area contributed by atoms with Gasteiger partial charge in [0.05, 0.1) is 16.3 Å². The third-order valence-corrected chi connectivity index (χ3v) is 6.44. The third-order valence-electron chi connectivity index (χ3n) is 4.55. The second kappa shape index (κ2) is 8.06. The number of nitrogens with one attached hydrogen (secondary N) is 1. The Morgan fingerprint density at radius 1 is 1.11 bits per heavy atom. The summed E-state index contributed by atoms with van der Waals surface area (Å²) in [4.78, 5) is 18.6. The van der Waals surface area contributed by atoms with Crippen LogP contribution in [0.15, 0.2) is 47.5 Å². The summed E-state index contributed by atoms with van der Waals surface area (Å²) in [6.45, 7) is 1.07. The Morgan fingerprint density at radius 2 is 1.85 bits per heavy atom. The zero-order valence-corrected chi connectivity index (χ0v) is 16.4. The summed E-state index contributed by atoms with van der Waals surface area (Å²) >= 11 is 0. The second-order valence-electron chi connectivity index (χ2n) is 6.71. The number of hydrogen-bond acceptors (Lipinski definition) is 5. The molecule has 3 rings (SSSR count). The highest BCUT2D eigenvalue weighted by molar-refractivity contribution is 7.89. The molecule has 27 heavy (non-hydrogen) atoms. The first-order chi connectivity index (χ1) is 12.9. The van der Waals surface area contributed by atoms with E-state index in [1.165, 1.54) is 10.4 Å². The standard InChI is InChI=1S/C19H24N4O3S/c1-22(2)18-10-9-15(27(25,26)23-12-6-3-7-13-23)14-17(18)21-19(24)16-8-4-5-11-20-16/h4-5,8-11,14H,3,6-7,12-13H2,1-2H3,(H,21,24). The molecule has 0 atom stereocenters. The third kappa shape index (κ3) is 4.28. The number of nitrogens with zero attached hydrogens (tertiary/aromatic N) is 3. The molecule has 7 nitrogen and oxygen atoms in total. The van der Waals surface area contributed by atoms with Gasteiger partial charge in [0.1, 0.15) is 5.69 Å². The number of piperidine rings is 1. The van der Waals surface area contributed by atoms with E-state index in [0.29, 0.717) is 18.8 Å². The number of aromatic nitrogens is 1. The Labute approximate surface area is 160 Å². The quantitative estimate of drug-likeness (QED) is 0.851. The predicted octanol–water partition coefficient (Wildman–Crippen LogP) is 2.57. The normalized spacial score (nSPS) is 15.3. The summed E-state index contributed by atoms with van der Waals surface area (Å²) < 4.78 is 27.4. The van der Waals surface area contributed by atoms with Crippen molar-refractivity contribution in [3.05, 3.63) is 48.3 Å². The van der Waals surface area contributed by atoms with Gasteiger partial charge in [-0.25, -0.2) is 8.42 Å². The molecule has 1 amide bonds. The van der Waals surface area contributed by atoms with E-state index in [1.54, 1.807) is 36.5 Å². The van der Waals surface area contributed by atoms with Gasteiger partial charge in [0.2, 0.25) is 10.0 Å². The van der Waals surface area contributed by atoms with E-state index in [4.69, 9.17) is 0 Å².